The van der Waals surface area contributed by atoms with E-state index in [0.29, 0.717) is 18.3 Å². The van der Waals surface area contributed by atoms with E-state index < -0.39 is 12.0 Å². The molecule has 1 saturated carbocycles. The minimum Gasteiger partial charge on any atom is -0.480 e. The monoisotopic (exact) mass is 257 g/mol. The largest absolute Gasteiger partial charge is 0.480 e. The first kappa shape index (κ1) is 15.0. The summed E-state index contributed by atoms with van der Waals surface area (Å²) in [6.07, 6.45) is 4.96. The van der Waals surface area contributed by atoms with Crippen molar-refractivity contribution < 1.29 is 19.4 Å². The molecule has 0 radical (unpaired) electrons. The van der Waals surface area contributed by atoms with E-state index in [2.05, 4.69) is 12.2 Å². The smallest absolute Gasteiger partial charge is 0.328 e. The number of ether oxygens (including phenoxy) is 1. The van der Waals surface area contributed by atoms with Crippen molar-refractivity contribution in [3.63, 3.8) is 0 Å². The SMILES string of the molecule is COCC(NC(=O)CC1CCCC(C)C1)C(=O)O. The minimum absolute atomic E-state index is 0.00213. The van der Waals surface area contributed by atoms with Crippen molar-refractivity contribution in [3.8, 4) is 0 Å². The number of carboxylic acids is 1. The first-order valence-electron chi connectivity index (χ1n) is 6.54. The van der Waals surface area contributed by atoms with Gasteiger partial charge in [-0.15, -0.1) is 0 Å². The Balaban J connectivity index is 2.37. The highest BCUT2D eigenvalue weighted by Crippen LogP contribution is 2.30. The fraction of sp³-hybridized carbons (Fsp3) is 0.846. The van der Waals surface area contributed by atoms with Gasteiger partial charge in [-0.3, -0.25) is 4.79 Å². The Kier molecular flexibility index (Phi) is 6.12. The number of rotatable bonds is 6. The fourth-order valence-corrected chi connectivity index (χ4v) is 2.60. The van der Waals surface area contributed by atoms with E-state index in [0.717, 1.165) is 12.8 Å². The Morgan fingerprint density at radius 1 is 1.44 bits per heavy atom. The van der Waals surface area contributed by atoms with Gasteiger partial charge in [-0.05, 0) is 24.7 Å². The van der Waals surface area contributed by atoms with Crippen molar-refractivity contribution in [2.45, 2.75) is 45.1 Å². The average Bonchev–Trinajstić information content (AvgIpc) is 2.28. The lowest BCUT2D eigenvalue weighted by molar-refractivity contribution is -0.143. The summed E-state index contributed by atoms with van der Waals surface area (Å²) in [5, 5.41) is 11.4. The van der Waals surface area contributed by atoms with Crippen LogP contribution in [-0.4, -0.2) is 36.7 Å². The lowest BCUT2D eigenvalue weighted by Crippen LogP contribution is -2.44. The maximum absolute atomic E-state index is 11.8. The quantitative estimate of drug-likeness (QED) is 0.754. The number of methoxy groups -OCH3 is 1. The molecule has 1 amide bonds. The molecule has 5 heteroatoms. The normalized spacial score (nSPS) is 25.4. The van der Waals surface area contributed by atoms with Gasteiger partial charge in [0.25, 0.3) is 0 Å². The summed E-state index contributed by atoms with van der Waals surface area (Å²) in [4.78, 5) is 22.7. The van der Waals surface area contributed by atoms with E-state index >= 15 is 0 Å². The third-order valence-corrected chi connectivity index (χ3v) is 3.49. The molecule has 18 heavy (non-hydrogen) atoms. The highest BCUT2D eigenvalue weighted by molar-refractivity contribution is 5.83. The maximum Gasteiger partial charge on any atom is 0.328 e. The molecular formula is C13H23NO4. The van der Waals surface area contributed by atoms with Crippen LogP contribution in [0, 0.1) is 11.8 Å². The molecule has 0 aromatic rings. The molecule has 3 unspecified atom stereocenters. The molecule has 0 bridgehead atoms. The predicted octanol–water partition coefficient (Wildman–Crippen LogP) is 1.42. The minimum atomic E-state index is -1.05. The summed E-state index contributed by atoms with van der Waals surface area (Å²) in [5.74, 6) is -0.169. The summed E-state index contributed by atoms with van der Waals surface area (Å²) in [7, 11) is 1.42. The highest BCUT2D eigenvalue weighted by Gasteiger charge is 2.24. The molecule has 1 aliphatic rings. The number of hydrogen-bond acceptors (Lipinski definition) is 3. The van der Waals surface area contributed by atoms with Crippen molar-refractivity contribution in [3.05, 3.63) is 0 Å². The Hall–Kier alpha value is -1.10. The van der Waals surface area contributed by atoms with Crippen molar-refractivity contribution in [2.24, 2.45) is 11.8 Å². The van der Waals surface area contributed by atoms with Crippen molar-refractivity contribution in [1.29, 1.82) is 0 Å². The second-order valence-corrected chi connectivity index (χ2v) is 5.26. The van der Waals surface area contributed by atoms with Crippen molar-refractivity contribution in [2.75, 3.05) is 13.7 Å². The van der Waals surface area contributed by atoms with Gasteiger partial charge < -0.3 is 15.2 Å². The number of nitrogens with one attached hydrogen (secondary N) is 1. The van der Waals surface area contributed by atoms with Crippen LogP contribution in [0.4, 0.5) is 0 Å². The number of hydrogen-bond donors (Lipinski definition) is 2. The molecule has 0 saturated heterocycles. The van der Waals surface area contributed by atoms with E-state index in [4.69, 9.17) is 9.84 Å². The van der Waals surface area contributed by atoms with Gasteiger partial charge in [0, 0.05) is 13.5 Å². The molecule has 0 heterocycles. The molecule has 2 N–H and O–H groups in total. The van der Waals surface area contributed by atoms with Gasteiger partial charge in [0.1, 0.15) is 0 Å². The zero-order valence-corrected chi connectivity index (χ0v) is 11.1. The lowest BCUT2D eigenvalue weighted by Gasteiger charge is -2.26. The Morgan fingerprint density at radius 3 is 2.72 bits per heavy atom. The number of carbonyl (C=O) groups excluding carboxylic acids is 1. The van der Waals surface area contributed by atoms with Crippen LogP contribution in [0.5, 0.6) is 0 Å². The summed E-state index contributed by atoms with van der Waals surface area (Å²) in [6.45, 7) is 2.21. The van der Waals surface area contributed by atoms with E-state index in [-0.39, 0.29) is 12.5 Å². The highest BCUT2D eigenvalue weighted by atomic mass is 16.5. The Bertz CT molecular complexity index is 293. The van der Waals surface area contributed by atoms with Crippen LogP contribution in [0.1, 0.15) is 39.0 Å². The van der Waals surface area contributed by atoms with E-state index in [1.807, 2.05) is 0 Å². The summed E-state index contributed by atoms with van der Waals surface area (Å²) in [6, 6.07) is -0.941. The third kappa shape index (κ3) is 5.04. The molecule has 5 nitrogen and oxygen atoms in total. The van der Waals surface area contributed by atoms with E-state index in [9.17, 15) is 9.59 Å². The number of carboxylic acid groups (broad SMARTS) is 1. The van der Waals surface area contributed by atoms with Crippen LogP contribution >= 0.6 is 0 Å². The average molecular weight is 257 g/mol. The van der Waals surface area contributed by atoms with Crippen LogP contribution in [0.25, 0.3) is 0 Å². The molecule has 104 valence electrons. The zero-order valence-electron chi connectivity index (χ0n) is 11.1. The lowest BCUT2D eigenvalue weighted by atomic mass is 9.81. The second-order valence-electron chi connectivity index (χ2n) is 5.26. The number of carbonyl (C=O) groups is 2. The zero-order chi connectivity index (χ0) is 13.5. The van der Waals surface area contributed by atoms with Crippen LogP contribution in [-0.2, 0) is 14.3 Å². The molecule has 3 atom stereocenters. The number of aliphatic carboxylic acids is 1. The number of amides is 1. The van der Waals surface area contributed by atoms with Crippen molar-refractivity contribution >= 4 is 11.9 Å². The molecule has 1 fully saturated rings. The molecule has 0 spiro atoms. The summed E-state index contributed by atoms with van der Waals surface area (Å²) in [5.41, 5.74) is 0. The molecule has 1 aliphatic carbocycles. The first-order valence-corrected chi connectivity index (χ1v) is 6.54. The maximum atomic E-state index is 11.8. The van der Waals surface area contributed by atoms with Gasteiger partial charge in [-0.2, -0.15) is 0 Å². The fourth-order valence-electron chi connectivity index (χ4n) is 2.60. The molecule has 0 aromatic carbocycles. The van der Waals surface area contributed by atoms with Crippen LogP contribution in [0.3, 0.4) is 0 Å². The Morgan fingerprint density at radius 2 is 2.17 bits per heavy atom. The van der Waals surface area contributed by atoms with Crippen LogP contribution in [0.2, 0.25) is 0 Å². The second kappa shape index (κ2) is 7.36. The third-order valence-electron chi connectivity index (χ3n) is 3.49. The van der Waals surface area contributed by atoms with Gasteiger partial charge >= 0.3 is 5.97 Å². The Labute approximate surface area is 108 Å². The standard InChI is InChI=1S/C13H23NO4/c1-9-4-3-5-10(6-9)7-12(15)14-11(8-18-2)13(16)17/h9-11H,3-8H2,1-2H3,(H,14,15)(H,16,17). The summed E-state index contributed by atoms with van der Waals surface area (Å²) < 4.78 is 4.78. The van der Waals surface area contributed by atoms with Gasteiger partial charge in [-0.25, -0.2) is 4.79 Å². The summed E-state index contributed by atoms with van der Waals surface area (Å²) >= 11 is 0. The van der Waals surface area contributed by atoms with Gasteiger partial charge in [0.2, 0.25) is 5.91 Å². The van der Waals surface area contributed by atoms with Gasteiger partial charge in [0.15, 0.2) is 6.04 Å². The molecule has 1 rings (SSSR count). The van der Waals surface area contributed by atoms with Crippen LogP contribution < -0.4 is 5.32 Å². The predicted molar refractivity (Wildman–Crippen MR) is 67.2 cm³/mol. The van der Waals surface area contributed by atoms with Gasteiger partial charge in [0.05, 0.1) is 6.61 Å². The topological polar surface area (TPSA) is 75.6 Å². The van der Waals surface area contributed by atoms with E-state index in [1.54, 1.807) is 0 Å². The van der Waals surface area contributed by atoms with Crippen molar-refractivity contribution in [1.82, 2.24) is 5.32 Å². The van der Waals surface area contributed by atoms with E-state index in [1.165, 1.54) is 20.0 Å². The van der Waals surface area contributed by atoms with Gasteiger partial charge in [-0.1, -0.05) is 19.8 Å². The first-order chi connectivity index (χ1) is 8.52. The molecule has 0 aliphatic heterocycles. The molecular weight excluding hydrogens is 234 g/mol. The molecule has 0 aromatic heterocycles. The van der Waals surface area contributed by atoms with Crippen LogP contribution in [0.15, 0.2) is 0 Å².